The molecule has 0 bridgehead atoms. The summed E-state index contributed by atoms with van der Waals surface area (Å²) in [6.07, 6.45) is 3.84. The summed E-state index contributed by atoms with van der Waals surface area (Å²) < 4.78 is 13.5. The van der Waals surface area contributed by atoms with E-state index in [0.29, 0.717) is 35.8 Å². The fourth-order valence-corrected chi connectivity index (χ4v) is 5.50. The third-order valence-corrected chi connectivity index (χ3v) is 7.83. The van der Waals surface area contributed by atoms with Crippen molar-refractivity contribution in [1.29, 1.82) is 0 Å². The second kappa shape index (κ2) is 14.0. The van der Waals surface area contributed by atoms with Crippen LogP contribution in [-0.4, -0.2) is 31.6 Å². The molecule has 4 aromatic carbocycles. The molecule has 0 atom stereocenters. The zero-order valence-corrected chi connectivity index (χ0v) is 24.0. The van der Waals surface area contributed by atoms with Crippen molar-refractivity contribution in [1.82, 2.24) is 5.32 Å². The molecule has 0 unspecified atom stereocenters. The lowest BCUT2D eigenvalue weighted by atomic mass is 9.89. The van der Waals surface area contributed by atoms with Crippen molar-refractivity contribution in [2.75, 3.05) is 35.2 Å². The van der Waals surface area contributed by atoms with E-state index in [1.807, 2.05) is 42.5 Å². The van der Waals surface area contributed by atoms with Crippen LogP contribution in [-0.2, 0) is 12.8 Å². The first-order chi connectivity index (χ1) is 20.4. The number of hydrogen-bond acceptors (Lipinski definition) is 3. The lowest BCUT2D eigenvalue weighted by Crippen LogP contribution is -2.36. The number of amides is 3. The summed E-state index contributed by atoms with van der Waals surface area (Å²) in [4.78, 5) is 28.4. The summed E-state index contributed by atoms with van der Waals surface area (Å²) in [6, 6.07) is 29.4. The van der Waals surface area contributed by atoms with Crippen LogP contribution in [0.1, 0.15) is 34.3 Å². The predicted molar refractivity (Wildman–Crippen MR) is 168 cm³/mol. The highest BCUT2D eigenvalue weighted by Crippen LogP contribution is 2.30. The molecule has 42 heavy (non-hydrogen) atoms. The van der Waals surface area contributed by atoms with E-state index >= 15 is 0 Å². The largest absolute Gasteiger partial charge is 0.371 e. The number of halogens is 2. The maximum absolute atomic E-state index is 13.5. The molecule has 0 spiro atoms. The van der Waals surface area contributed by atoms with Gasteiger partial charge >= 0.3 is 6.03 Å². The summed E-state index contributed by atoms with van der Waals surface area (Å²) in [5, 5.41) is 8.40. The summed E-state index contributed by atoms with van der Waals surface area (Å²) in [5.41, 5.74) is 4.68. The number of carbonyl (C=O) groups is 2. The minimum absolute atomic E-state index is 0.0841. The first-order valence-corrected chi connectivity index (χ1v) is 14.6. The molecule has 0 aromatic heterocycles. The van der Waals surface area contributed by atoms with Gasteiger partial charge in [0.2, 0.25) is 0 Å². The van der Waals surface area contributed by atoms with Crippen LogP contribution in [0.5, 0.6) is 0 Å². The number of carbonyl (C=O) groups excluding carboxylic acids is 2. The third kappa shape index (κ3) is 7.89. The average molecular weight is 585 g/mol. The second-order valence-corrected chi connectivity index (χ2v) is 11.0. The zero-order chi connectivity index (χ0) is 29.3. The minimum Gasteiger partial charge on any atom is -0.371 e. The number of hydrogen-bond donors (Lipinski definition) is 3. The number of urea groups is 1. The lowest BCUT2D eigenvalue weighted by Gasteiger charge is -2.35. The van der Waals surface area contributed by atoms with Gasteiger partial charge < -0.3 is 20.9 Å². The summed E-state index contributed by atoms with van der Waals surface area (Å²) >= 11 is 5.84. The van der Waals surface area contributed by atoms with E-state index in [9.17, 15) is 14.0 Å². The molecule has 0 saturated carbocycles. The number of piperidine rings is 1. The molecular formula is C34H34ClFN4O2. The Kier molecular flexibility index (Phi) is 9.72. The quantitative estimate of drug-likeness (QED) is 0.190. The molecule has 1 fully saturated rings. The fraction of sp³-hybridized carbons (Fsp3) is 0.235. The predicted octanol–water partition coefficient (Wildman–Crippen LogP) is 7.55. The van der Waals surface area contributed by atoms with Gasteiger partial charge in [-0.1, -0.05) is 72.3 Å². The molecule has 3 amide bonds. The van der Waals surface area contributed by atoms with Crippen LogP contribution in [0.25, 0.3) is 0 Å². The monoisotopic (exact) mass is 584 g/mol. The molecule has 1 aliphatic rings. The van der Waals surface area contributed by atoms with Gasteiger partial charge in [0, 0.05) is 36.7 Å². The number of rotatable bonds is 9. The Bertz CT molecular complexity index is 1510. The Labute approximate surface area is 250 Å². The SMILES string of the molecule is O=C(Nc1ccc(F)c(Cl)c1)Nc1ccc(N2CCC(Cc3ccccc3)CC2)c(C(=O)NCCc2ccccc2)c1. The van der Waals surface area contributed by atoms with Crippen LogP contribution in [0.3, 0.4) is 0 Å². The van der Waals surface area contributed by atoms with Crippen molar-refractivity contribution >= 4 is 40.6 Å². The molecule has 6 nitrogen and oxygen atoms in total. The summed E-state index contributed by atoms with van der Waals surface area (Å²) in [5.74, 6) is -0.164. The molecule has 1 saturated heterocycles. The first-order valence-electron chi connectivity index (χ1n) is 14.2. The van der Waals surface area contributed by atoms with Gasteiger partial charge in [0.25, 0.3) is 5.91 Å². The van der Waals surface area contributed by atoms with Crippen LogP contribution in [0.4, 0.5) is 26.2 Å². The minimum atomic E-state index is -0.565. The molecule has 3 N–H and O–H groups in total. The molecule has 1 heterocycles. The molecule has 216 valence electrons. The van der Waals surface area contributed by atoms with Crippen molar-refractivity contribution in [2.45, 2.75) is 25.7 Å². The third-order valence-electron chi connectivity index (χ3n) is 7.54. The normalized spacial score (nSPS) is 13.4. The Morgan fingerprint density at radius 1 is 0.810 bits per heavy atom. The van der Waals surface area contributed by atoms with E-state index in [1.54, 1.807) is 12.1 Å². The van der Waals surface area contributed by atoms with Crippen LogP contribution in [0.2, 0.25) is 5.02 Å². The van der Waals surface area contributed by atoms with Crippen LogP contribution >= 0.6 is 11.6 Å². The standard InChI is InChI=1S/C34H34ClFN4O2/c35-30-23-28(11-13-31(30)36)39-34(42)38-27-12-14-32(29(22-27)33(41)37-18-15-24-7-3-1-4-8-24)40-19-16-26(17-20-40)21-25-9-5-2-6-10-25/h1-14,22-23,26H,15-21H2,(H,37,41)(H2,38,39,42). The molecule has 5 rings (SSSR count). The van der Waals surface area contributed by atoms with E-state index in [2.05, 4.69) is 45.1 Å². The average Bonchev–Trinajstić information content (AvgIpc) is 3.00. The van der Waals surface area contributed by atoms with Gasteiger partial charge in [0.1, 0.15) is 5.82 Å². The molecule has 0 radical (unpaired) electrons. The van der Waals surface area contributed by atoms with E-state index in [4.69, 9.17) is 11.6 Å². The number of nitrogens with one attached hydrogen (secondary N) is 3. The lowest BCUT2D eigenvalue weighted by molar-refractivity contribution is 0.0954. The van der Waals surface area contributed by atoms with Crippen molar-refractivity contribution in [3.05, 3.63) is 125 Å². The summed E-state index contributed by atoms with van der Waals surface area (Å²) in [7, 11) is 0. The van der Waals surface area contributed by atoms with Gasteiger partial charge in [-0.3, -0.25) is 4.79 Å². The number of nitrogens with zero attached hydrogens (tertiary/aromatic N) is 1. The Balaban J connectivity index is 1.28. The van der Waals surface area contributed by atoms with Gasteiger partial charge in [0.05, 0.1) is 10.6 Å². The second-order valence-electron chi connectivity index (χ2n) is 10.6. The van der Waals surface area contributed by atoms with E-state index < -0.39 is 11.8 Å². The van der Waals surface area contributed by atoms with E-state index in [-0.39, 0.29) is 10.9 Å². The zero-order valence-electron chi connectivity index (χ0n) is 23.3. The molecule has 1 aliphatic heterocycles. The van der Waals surface area contributed by atoms with Crippen molar-refractivity contribution < 1.29 is 14.0 Å². The Hall–Kier alpha value is -4.36. The topological polar surface area (TPSA) is 73.5 Å². The van der Waals surface area contributed by atoms with Gasteiger partial charge in [-0.2, -0.15) is 0 Å². The van der Waals surface area contributed by atoms with E-state index in [0.717, 1.165) is 43.6 Å². The first kappa shape index (κ1) is 29.1. The highest BCUT2D eigenvalue weighted by atomic mass is 35.5. The Morgan fingerprint density at radius 2 is 1.43 bits per heavy atom. The smallest absolute Gasteiger partial charge is 0.323 e. The van der Waals surface area contributed by atoms with Gasteiger partial charge in [-0.05, 0) is 79.1 Å². The Morgan fingerprint density at radius 3 is 2.10 bits per heavy atom. The highest BCUT2D eigenvalue weighted by molar-refractivity contribution is 6.31. The van der Waals surface area contributed by atoms with Gasteiger partial charge in [-0.25, -0.2) is 9.18 Å². The molecule has 4 aromatic rings. The summed E-state index contributed by atoms with van der Waals surface area (Å²) in [6.45, 7) is 2.19. The number of anilines is 3. The maximum Gasteiger partial charge on any atom is 0.323 e. The van der Waals surface area contributed by atoms with Crippen LogP contribution in [0.15, 0.2) is 97.1 Å². The van der Waals surface area contributed by atoms with Crippen molar-refractivity contribution in [3.63, 3.8) is 0 Å². The van der Waals surface area contributed by atoms with Gasteiger partial charge in [-0.15, -0.1) is 0 Å². The van der Waals surface area contributed by atoms with Crippen molar-refractivity contribution in [2.24, 2.45) is 5.92 Å². The maximum atomic E-state index is 13.5. The number of benzene rings is 4. The van der Waals surface area contributed by atoms with E-state index in [1.165, 1.54) is 23.8 Å². The fourth-order valence-electron chi connectivity index (χ4n) is 5.32. The van der Waals surface area contributed by atoms with Crippen LogP contribution in [0, 0.1) is 11.7 Å². The molecular weight excluding hydrogens is 551 g/mol. The van der Waals surface area contributed by atoms with Crippen LogP contribution < -0.4 is 20.9 Å². The highest BCUT2D eigenvalue weighted by Gasteiger charge is 2.24. The van der Waals surface area contributed by atoms with Crippen molar-refractivity contribution in [3.8, 4) is 0 Å². The molecule has 0 aliphatic carbocycles. The van der Waals surface area contributed by atoms with Gasteiger partial charge in [0.15, 0.2) is 0 Å². The molecule has 8 heteroatoms.